The van der Waals surface area contributed by atoms with E-state index in [1.165, 1.54) is 0 Å². The number of benzene rings is 1. The Hall–Kier alpha value is -1.40. The second-order valence-corrected chi connectivity index (χ2v) is 7.10. The summed E-state index contributed by atoms with van der Waals surface area (Å²) >= 11 is 0. The molecule has 2 N–H and O–H groups in total. The third kappa shape index (κ3) is 3.58. The molecule has 0 bridgehead atoms. The molecule has 0 amide bonds. The Morgan fingerprint density at radius 2 is 1.75 bits per heavy atom. The minimum absolute atomic E-state index is 0.444. The summed E-state index contributed by atoms with van der Waals surface area (Å²) in [5.41, 5.74) is 0.444. The molecule has 1 aromatic carbocycles. The van der Waals surface area contributed by atoms with Gasteiger partial charge in [0.2, 0.25) is 10.0 Å². The summed E-state index contributed by atoms with van der Waals surface area (Å²) in [7, 11) is -3.61. The number of nitrogens with one attached hydrogen (secondary N) is 1. The first-order valence-electron chi connectivity index (χ1n) is 6.79. The number of aliphatic carboxylic acids is 1. The van der Waals surface area contributed by atoms with E-state index in [4.69, 9.17) is 0 Å². The maximum absolute atomic E-state index is 12.3. The lowest BCUT2D eigenvalue weighted by Gasteiger charge is -2.24. The van der Waals surface area contributed by atoms with Crippen molar-refractivity contribution in [2.24, 2.45) is 0 Å². The van der Waals surface area contributed by atoms with Crippen LogP contribution in [0.5, 0.6) is 0 Å². The Morgan fingerprint density at radius 1 is 1.15 bits per heavy atom. The van der Waals surface area contributed by atoms with Crippen molar-refractivity contribution in [1.29, 1.82) is 0 Å². The van der Waals surface area contributed by atoms with Gasteiger partial charge in [0, 0.05) is 0 Å². The van der Waals surface area contributed by atoms with Gasteiger partial charge in [0.25, 0.3) is 0 Å². The summed E-state index contributed by atoms with van der Waals surface area (Å²) in [6, 6.07) is 7.16. The van der Waals surface area contributed by atoms with Crippen LogP contribution in [0.15, 0.2) is 30.3 Å². The Balaban J connectivity index is 2.18. The highest BCUT2D eigenvalue weighted by molar-refractivity contribution is 7.90. The molecule has 1 aliphatic carbocycles. The number of sulfonamides is 1. The summed E-state index contributed by atoms with van der Waals surface area (Å²) < 4.78 is 27.0. The molecular weight excluding hydrogens is 278 g/mol. The molecule has 1 aliphatic rings. The molecule has 6 heteroatoms. The summed E-state index contributed by atoms with van der Waals surface area (Å²) in [6.07, 6.45) is 4.03. The fourth-order valence-corrected chi connectivity index (χ4v) is 4.25. The summed E-state index contributed by atoms with van der Waals surface area (Å²) in [5, 5.41) is 8.79. The molecule has 0 saturated heterocycles. The van der Waals surface area contributed by atoms with E-state index in [1.54, 1.807) is 30.3 Å². The number of carboxylic acid groups (broad SMARTS) is 1. The molecule has 110 valence electrons. The number of hydrogen-bond acceptors (Lipinski definition) is 3. The van der Waals surface area contributed by atoms with Crippen molar-refractivity contribution in [3.8, 4) is 0 Å². The predicted octanol–water partition coefficient (Wildman–Crippen LogP) is 2.06. The van der Waals surface area contributed by atoms with E-state index in [0.29, 0.717) is 18.4 Å². The Bertz CT molecular complexity index is 550. The summed E-state index contributed by atoms with van der Waals surface area (Å²) in [5.74, 6) is -1.18. The largest absolute Gasteiger partial charge is 0.480 e. The molecule has 1 saturated carbocycles. The highest BCUT2D eigenvalue weighted by atomic mass is 32.2. The standard InChI is InChI=1S/C14H19NO4S/c16-14(17)13(11-7-3-1-4-8-11)15-20(18,19)12-9-5-2-6-10-12/h1,3-4,7-8,12-13,15H,2,5-6,9-10H2,(H,16,17)/t13-/m1/s1. The van der Waals surface area contributed by atoms with E-state index >= 15 is 0 Å². The van der Waals surface area contributed by atoms with E-state index in [1.807, 2.05) is 0 Å². The maximum Gasteiger partial charge on any atom is 0.326 e. The van der Waals surface area contributed by atoms with Crippen LogP contribution in [0.4, 0.5) is 0 Å². The van der Waals surface area contributed by atoms with Crippen LogP contribution < -0.4 is 4.72 Å². The second kappa shape index (κ2) is 6.37. The monoisotopic (exact) mass is 297 g/mol. The number of carbonyl (C=O) groups is 1. The zero-order chi connectivity index (χ0) is 14.6. The van der Waals surface area contributed by atoms with Crippen LogP contribution in [0.1, 0.15) is 43.7 Å². The zero-order valence-electron chi connectivity index (χ0n) is 11.2. The van der Waals surface area contributed by atoms with Gasteiger partial charge in [-0.3, -0.25) is 4.79 Å². The van der Waals surface area contributed by atoms with Crippen molar-refractivity contribution in [3.63, 3.8) is 0 Å². The molecule has 1 fully saturated rings. The SMILES string of the molecule is O=C(O)[C@H](NS(=O)(=O)C1CCCCC1)c1ccccc1. The maximum atomic E-state index is 12.3. The van der Waals surface area contributed by atoms with Crippen molar-refractivity contribution in [1.82, 2.24) is 4.72 Å². The molecular formula is C14H19NO4S. The highest BCUT2D eigenvalue weighted by Crippen LogP contribution is 2.25. The van der Waals surface area contributed by atoms with Gasteiger partial charge in [-0.1, -0.05) is 49.6 Å². The minimum Gasteiger partial charge on any atom is -0.480 e. The van der Waals surface area contributed by atoms with Crippen LogP contribution in [0.2, 0.25) is 0 Å². The molecule has 5 nitrogen and oxygen atoms in total. The highest BCUT2D eigenvalue weighted by Gasteiger charge is 2.32. The molecule has 0 aliphatic heterocycles. The van der Waals surface area contributed by atoms with Crippen LogP contribution in [-0.4, -0.2) is 24.7 Å². The van der Waals surface area contributed by atoms with E-state index in [9.17, 15) is 18.3 Å². The Kier molecular flexibility index (Phi) is 4.77. The molecule has 2 rings (SSSR count). The summed E-state index contributed by atoms with van der Waals surface area (Å²) in [6.45, 7) is 0. The van der Waals surface area contributed by atoms with Gasteiger partial charge in [0.15, 0.2) is 0 Å². The molecule has 0 radical (unpaired) electrons. The smallest absolute Gasteiger partial charge is 0.326 e. The molecule has 0 unspecified atom stereocenters. The third-order valence-electron chi connectivity index (χ3n) is 3.65. The van der Waals surface area contributed by atoms with Crippen molar-refractivity contribution < 1.29 is 18.3 Å². The van der Waals surface area contributed by atoms with Crippen LogP contribution in [0.25, 0.3) is 0 Å². The fourth-order valence-electron chi connectivity index (χ4n) is 2.54. The van der Waals surface area contributed by atoms with Crippen molar-refractivity contribution in [2.75, 3.05) is 0 Å². The first-order valence-corrected chi connectivity index (χ1v) is 8.34. The third-order valence-corrected chi connectivity index (χ3v) is 5.57. The molecule has 1 aromatic rings. The summed E-state index contributed by atoms with van der Waals surface area (Å²) in [4.78, 5) is 11.3. The number of carboxylic acids is 1. The van der Waals surface area contributed by atoms with Gasteiger partial charge >= 0.3 is 5.97 Å². The van der Waals surface area contributed by atoms with Crippen LogP contribution >= 0.6 is 0 Å². The first kappa shape index (κ1) is 15.0. The van der Waals surface area contributed by atoms with Crippen LogP contribution in [0, 0.1) is 0 Å². The van der Waals surface area contributed by atoms with Crippen molar-refractivity contribution >= 4 is 16.0 Å². The van der Waals surface area contributed by atoms with Crippen molar-refractivity contribution in [2.45, 2.75) is 43.4 Å². The molecule has 0 aromatic heterocycles. The van der Waals surface area contributed by atoms with Gasteiger partial charge in [-0.15, -0.1) is 0 Å². The molecule has 0 spiro atoms. The van der Waals surface area contributed by atoms with Gasteiger partial charge in [0.1, 0.15) is 6.04 Å². The van der Waals surface area contributed by atoms with Crippen LogP contribution in [-0.2, 0) is 14.8 Å². The number of rotatable bonds is 5. The average molecular weight is 297 g/mol. The minimum atomic E-state index is -3.61. The predicted molar refractivity (Wildman–Crippen MR) is 75.7 cm³/mol. The van der Waals surface area contributed by atoms with Crippen molar-refractivity contribution in [3.05, 3.63) is 35.9 Å². The lowest BCUT2D eigenvalue weighted by atomic mass is 10.0. The van der Waals surface area contributed by atoms with Gasteiger partial charge in [0.05, 0.1) is 5.25 Å². The van der Waals surface area contributed by atoms with E-state index in [-0.39, 0.29) is 0 Å². The lowest BCUT2D eigenvalue weighted by molar-refractivity contribution is -0.139. The molecule has 20 heavy (non-hydrogen) atoms. The van der Waals surface area contributed by atoms with E-state index < -0.39 is 27.3 Å². The van der Waals surface area contributed by atoms with E-state index in [2.05, 4.69) is 4.72 Å². The number of hydrogen-bond donors (Lipinski definition) is 2. The quantitative estimate of drug-likeness (QED) is 0.871. The Labute approximate surface area is 119 Å². The van der Waals surface area contributed by atoms with Gasteiger partial charge in [-0.2, -0.15) is 4.72 Å². The molecule has 0 heterocycles. The normalized spacial score (nSPS) is 18.6. The average Bonchev–Trinajstić information content (AvgIpc) is 2.46. The fraction of sp³-hybridized carbons (Fsp3) is 0.500. The van der Waals surface area contributed by atoms with Gasteiger partial charge in [-0.25, -0.2) is 8.42 Å². The topological polar surface area (TPSA) is 83.5 Å². The zero-order valence-corrected chi connectivity index (χ0v) is 12.0. The molecule has 1 atom stereocenters. The first-order chi connectivity index (χ1) is 9.50. The lowest BCUT2D eigenvalue weighted by Crippen LogP contribution is -2.40. The Morgan fingerprint density at radius 3 is 2.30 bits per heavy atom. The van der Waals surface area contributed by atoms with Crippen LogP contribution in [0.3, 0.4) is 0 Å². The van der Waals surface area contributed by atoms with Gasteiger partial charge < -0.3 is 5.11 Å². The van der Waals surface area contributed by atoms with E-state index in [0.717, 1.165) is 19.3 Å². The van der Waals surface area contributed by atoms with Gasteiger partial charge in [-0.05, 0) is 18.4 Å². The second-order valence-electron chi connectivity index (χ2n) is 5.10.